The molecule has 0 aromatic heterocycles. The number of Topliss-reactive ketones (excluding diaryl/α,β-unsaturated/α-hetero) is 2. The van der Waals surface area contributed by atoms with Crippen LogP contribution in [0.5, 0.6) is 0 Å². The van der Waals surface area contributed by atoms with Gasteiger partial charge in [0.05, 0.1) is 19.3 Å². The van der Waals surface area contributed by atoms with Crippen molar-refractivity contribution in [3.63, 3.8) is 0 Å². The molecule has 0 aliphatic heterocycles. The topological polar surface area (TPSA) is 63.6 Å². The van der Waals surface area contributed by atoms with Crippen molar-refractivity contribution < 1.29 is 19.4 Å². The van der Waals surface area contributed by atoms with E-state index in [1.54, 1.807) is 6.92 Å². The second-order valence-corrected chi connectivity index (χ2v) is 10.4. The molecule has 0 saturated heterocycles. The number of hydrogen-bond acceptors (Lipinski definition) is 4. The Balaban J connectivity index is 1.68. The fourth-order valence-electron chi connectivity index (χ4n) is 8.03. The molecule has 0 unspecified atom stereocenters. The van der Waals surface area contributed by atoms with E-state index in [9.17, 15) is 14.7 Å². The quantitative estimate of drug-likeness (QED) is 0.811. The van der Waals surface area contributed by atoms with Crippen LogP contribution in [0.15, 0.2) is 0 Å². The number of carbonyl (C=O) groups excluding carboxylic acids is 2. The summed E-state index contributed by atoms with van der Waals surface area (Å²) in [6.07, 6.45) is 7.96. The Kier molecular flexibility index (Phi) is 5.04. The highest BCUT2D eigenvalue weighted by Gasteiger charge is 2.63. The van der Waals surface area contributed by atoms with Crippen LogP contribution < -0.4 is 0 Å². The molecule has 0 heterocycles. The Labute approximate surface area is 163 Å². The summed E-state index contributed by atoms with van der Waals surface area (Å²) in [4.78, 5) is 24.5. The summed E-state index contributed by atoms with van der Waals surface area (Å²) in [6.45, 7) is 6.99. The zero-order valence-electron chi connectivity index (χ0n) is 17.2. The van der Waals surface area contributed by atoms with Gasteiger partial charge in [-0.05, 0) is 80.0 Å². The van der Waals surface area contributed by atoms with Crippen molar-refractivity contribution in [3.8, 4) is 0 Å². The Hall–Kier alpha value is -0.740. The van der Waals surface area contributed by atoms with Crippen LogP contribution in [0.25, 0.3) is 0 Å². The summed E-state index contributed by atoms with van der Waals surface area (Å²) in [7, 11) is 0. The number of rotatable bonds is 4. The molecule has 0 amide bonds. The minimum absolute atomic E-state index is 0.0484. The van der Waals surface area contributed by atoms with Crippen LogP contribution in [-0.4, -0.2) is 36.0 Å². The largest absolute Gasteiger partial charge is 0.394 e. The van der Waals surface area contributed by atoms with Gasteiger partial charge in [0.25, 0.3) is 0 Å². The van der Waals surface area contributed by atoms with Crippen LogP contribution in [0, 0.1) is 40.4 Å². The third-order valence-corrected chi connectivity index (χ3v) is 9.39. The fourth-order valence-corrected chi connectivity index (χ4v) is 8.03. The lowest BCUT2D eigenvalue weighted by Crippen LogP contribution is -2.59. The van der Waals surface area contributed by atoms with Crippen molar-refractivity contribution in [1.29, 1.82) is 0 Å². The highest BCUT2D eigenvalue weighted by molar-refractivity contribution is 5.80. The predicted octanol–water partition coefficient (Wildman–Crippen LogP) is 3.79. The Morgan fingerprint density at radius 1 is 1.15 bits per heavy atom. The summed E-state index contributed by atoms with van der Waals surface area (Å²) in [5, 5.41) is 9.35. The van der Waals surface area contributed by atoms with Gasteiger partial charge < -0.3 is 9.84 Å². The van der Waals surface area contributed by atoms with Crippen molar-refractivity contribution >= 4 is 11.6 Å². The van der Waals surface area contributed by atoms with Crippen molar-refractivity contribution in [2.75, 3.05) is 13.2 Å². The third kappa shape index (κ3) is 2.93. The number of ether oxygens (including phenoxy) is 1. The first kappa shape index (κ1) is 19.6. The maximum Gasteiger partial charge on any atom is 0.133 e. The summed E-state index contributed by atoms with van der Waals surface area (Å²) in [6, 6.07) is 0. The lowest BCUT2D eigenvalue weighted by Gasteiger charge is -2.62. The van der Waals surface area contributed by atoms with E-state index in [1.807, 2.05) is 0 Å². The molecule has 27 heavy (non-hydrogen) atoms. The first-order chi connectivity index (χ1) is 12.8. The van der Waals surface area contributed by atoms with Gasteiger partial charge in [0.2, 0.25) is 0 Å². The molecule has 4 heteroatoms. The maximum atomic E-state index is 12.3. The van der Waals surface area contributed by atoms with Gasteiger partial charge in [-0.15, -0.1) is 0 Å². The Morgan fingerprint density at radius 2 is 1.89 bits per heavy atom. The van der Waals surface area contributed by atoms with Crippen LogP contribution in [0.3, 0.4) is 0 Å². The number of hydrogen-bond donors (Lipinski definition) is 1. The van der Waals surface area contributed by atoms with Crippen LogP contribution in [-0.2, 0) is 14.3 Å². The Morgan fingerprint density at radius 3 is 2.59 bits per heavy atom. The van der Waals surface area contributed by atoms with E-state index in [0.29, 0.717) is 48.3 Å². The molecule has 1 N–H and O–H groups in total. The molecule has 0 aromatic rings. The van der Waals surface area contributed by atoms with Crippen molar-refractivity contribution in [2.45, 2.75) is 78.2 Å². The molecule has 4 aliphatic rings. The minimum Gasteiger partial charge on any atom is -0.394 e. The first-order valence-electron chi connectivity index (χ1n) is 11.1. The van der Waals surface area contributed by atoms with Crippen molar-refractivity contribution in [1.82, 2.24) is 0 Å². The zero-order chi connectivity index (χ0) is 19.4. The van der Waals surface area contributed by atoms with E-state index in [0.717, 1.165) is 44.9 Å². The average Bonchev–Trinajstić information content (AvgIpc) is 2.98. The van der Waals surface area contributed by atoms with Gasteiger partial charge in [0.1, 0.15) is 11.6 Å². The van der Waals surface area contributed by atoms with Gasteiger partial charge in [0, 0.05) is 18.8 Å². The summed E-state index contributed by atoms with van der Waals surface area (Å²) >= 11 is 0. The molecular weight excluding hydrogens is 340 g/mol. The van der Waals surface area contributed by atoms with E-state index in [-0.39, 0.29) is 29.5 Å². The summed E-state index contributed by atoms with van der Waals surface area (Å²) in [5.74, 6) is 2.96. The lowest BCUT2D eigenvalue weighted by molar-refractivity contribution is -0.182. The second kappa shape index (κ2) is 6.95. The van der Waals surface area contributed by atoms with E-state index >= 15 is 0 Å². The molecule has 4 saturated carbocycles. The normalized spacial score (nSPS) is 49.3. The molecule has 0 radical (unpaired) electrons. The minimum atomic E-state index is 0.0484. The van der Waals surface area contributed by atoms with E-state index in [4.69, 9.17) is 4.74 Å². The molecule has 4 nitrogen and oxygen atoms in total. The van der Waals surface area contributed by atoms with E-state index in [2.05, 4.69) is 13.8 Å². The smallest absolute Gasteiger partial charge is 0.133 e. The highest BCUT2D eigenvalue weighted by Crippen LogP contribution is 2.67. The van der Waals surface area contributed by atoms with Crippen LogP contribution in [0.1, 0.15) is 72.1 Å². The molecule has 0 aromatic carbocycles. The fraction of sp³-hybridized carbons (Fsp3) is 0.913. The maximum absolute atomic E-state index is 12.3. The van der Waals surface area contributed by atoms with E-state index in [1.165, 1.54) is 0 Å². The lowest BCUT2D eigenvalue weighted by atomic mass is 9.44. The summed E-state index contributed by atoms with van der Waals surface area (Å²) < 4.78 is 6.23. The molecular formula is C23H36O4. The number of ketones is 2. The van der Waals surface area contributed by atoms with Crippen molar-refractivity contribution in [2.24, 2.45) is 40.4 Å². The Bertz CT molecular complexity index is 615. The van der Waals surface area contributed by atoms with Gasteiger partial charge in [-0.1, -0.05) is 13.8 Å². The van der Waals surface area contributed by atoms with Crippen molar-refractivity contribution in [3.05, 3.63) is 0 Å². The standard InChI is InChI=1S/C23H36O4/c1-14(25)17-4-5-18-21-19(7-9-23(17,18)3)22(2)8-6-16(26)12-15(22)13-20(21)27-11-10-24/h15,17-21,24H,4-13H2,1-3H3/t15-,17-,18+,19+,20-,21+,22+,23-/m1/s1. The number of carbonyl (C=O) groups is 2. The second-order valence-electron chi connectivity index (χ2n) is 10.4. The van der Waals surface area contributed by atoms with Crippen LogP contribution in [0.2, 0.25) is 0 Å². The molecule has 0 bridgehead atoms. The van der Waals surface area contributed by atoms with Crippen LogP contribution >= 0.6 is 0 Å². The zero-order valence-corrected chi connectivity index (χ0v) is 17.2. The molecule has 0 spiro atoms. The van der Waals surface area contributed by atoms with Gasteiger partial charge in [-0.3, -0.25) is 9.59 Å². The van der Waals surface area contributed by atoms with E-state index < -0.39 is 0 Å². The van der Waals surface area contributed by atoms with Gasteiger partial charge in [-0.25, -0.2) is 0 Å². The molecule has 8 atom stereocenters. The molecule has 4 fully saturated rings. The highest BCUT2D eigenvalue weighted by atomic mass is 16.5. The SMILES string of the molecule is CC(=O)[C@H]1CC[C@H]2[C@@H]3[C@H](OCCO)C[C@H]4CC(=O)CC[C@]4(C)[C@H]3CC[C@]12C. The first-order valence-corrected chi connectivity index (χ1v) is 11.1. The van der Waals surface area contributed by atoms with Gasteiger partial charge in [0.15, 0.2) is 0 Å². The third-order valence-electron chi connectivity index (χ3n) is 9.39. The summed E-state index contributed by atoms with van der Waals surface area (Å²) in [5.41, 5.74) is 0.328. The molecule has 4 aliphatic carbocycles. The average molecular weight is 377 g/mol. The van der Waals surface area contributed by atoms with Crippen LogP contribution in [0.4, 0.5) is 0 Å². The number of fused-ring (bicyclic) bond motifs is 5. The van der Waals surface area contributed by atoms with Gasteiger partial charge >= 0.3 is 0 Å². The number of aliphatic hydroxyl groups is 1. The predicted molar refractivity (Wildman–Crippen MR) is 103 cm³/mol. The van der Waals surface area contributed by atoms with Gasteiger partial charge in [-0.2, -0.15) is 0 Å². The molecule has 152 valence electrons. The molecule has 4 rings (SSSR count). The number of aliphatic hydroxyl groups excluding tert-OH is 1. The monoisotopic (exact) mass is 376 g/mol.